The van der Waals surface area contributed by atoms with Gasteiger partial charge in [-0.15, -0.1) is 11.3 Å². The van der Waals surface area contributed by atoms with Crippen LogP contribution in [0.15, 0.2) is 70.9 Å². The number of anilines is 1. The number of nitrogens with one attached hydrogen (secondary N) is 1. The van der Waals surface area contributed by atoms with Crippen molar-refractivity contribution in [2.24, 2.45) is 5.14 Å². The Morgan fingerprint density at radius 3 is 2.23 bits per heavy atom. The molecule has 0 spiro atoms. The smallest absolute Gasteiger partial charge is 0.247 e. The van der Waals surface area contributed by atoms with Crippen LogP contribution in [0, 0.1) is 0 Å². The molecule has 0 aliphatic rings. The average Bonchev–Trinajstić information content (AvgIpc) is 3.06. The predicted octanol–water partition coefficient (Wildman–Crippen LogP) is 3.37. The maximum atomic E-state index is 12.1. The van der Waals surface area contributed by atoms with Gasteiger partial charge in [0.15, 0.2) is 0 Å². The maximum absolute atomic E-state index is 12.1. The second kappa shape index (κ2) is 7.69. The number of carbonyl (C=O) groups excluding carboxylic acids is 1. The van der Waals surface area contributed by atoms with Crippen LogP contribution in [0.4, 0.5) is 5.69 Å². The molecule has 0 saturated carbocycles. The van der Waals surface area contributed by atoms with Crippen LogP contribution in [0.25, 0.3) is 0 Å². The molecule has 0 aliphatic carbocycles. The monoisotopic (exact) mass is 388 g/mol. The summed E-state index contributed by atoms with van der Waals surface area (Å²) in [5.74, 6) is 1.14. The van der Waals surface area contributed by atoms with Gasteiger partial charge in [-0.1, -0.05) is 18.2 Å². The standard InChI is InChI=1S/C18H16N2O4S2/c19-26(22,23)18-11-10-16(25-18)12-17(21)20-13-6-8-15(9-7-13)24-14-4-2-1-3-5-14/h1-11H,12H2,(H,20,21)(H2,19,22,23). The Bertz CT molecular complexity index is 997. The van der Waals surface area contributed by atoms with Gasteiger partial charge in [0.25, 0.3) is 0 Å². The number of ether oxygens (including phenoxy) is 1. The molecule has 0 aliphatic heterocycles. The van der Waals surface area contributed by atoms with Gasteiger partial charge in [-0.3, -0.25) is 4.79 Å². The molecule has 3 N–H and O–H groups in total. The van der Waals surface area contributed by atoms with Gasteiger partial charge in [0.2, 0.25) is 15.9 Å². The van der Waals surface area contributed by atoms with Gasteiger partial charge < -0.3 is 10.1 Å². The van der Waals surface area contributed by atoms with Crippen LogP contribution in [0.3, 0.4) is 0 Å². The number of hydrogen-bond acceptors (Lipinski definition) is 5. The molecule has 0 saturated heterocycles. The van der Waals surface area contributed by atoms with Crippen LogP contribution >= 0.6 is 11.3 Å². The molecule has 0 unspecified atom stereocenters. The van der Waals surface area contributed by atoms with Crippen LogP contribution in [-0.2, 0) is 21.2 Å². The van der Waals surface area contributed by atoms with Gasteiger partial charge in [-0.2, -0.15) is 0 Å². The molecule has 0 bridgehead atoms. The number of benzene rings is 2. The van der Waals surface area contributed by atoms with Gasteiger partial charge >= 0.3 is 0 Å². The van der Waals surface area contributed by atoms with E-state index in [2.05, 4.69) is 5.32 Å². The van der Waals surface area contributed by atoms with Crippen LogP contribution in [0.2, 0.25) is 0 Å². The number of rotatable bonds is 6. The van der Waals surface area contributed by atoms with Crippen molar-refractivity contribution in [1.82, 2.24) is 0 Å². The third kappa shape index (κ3) is 4.92. The molecule has 1 heterocycles. The molecule has 26 heavy (non-hydrogen) atoms. The SMILES string of the molecule is NS(=O)(=O)c1ccc(CC(=O)Nc2ccc(Oc3ccccc3)cc2)s1. The van der Waals surface area contributed by atoms with E-state index in [0.29, 0.717) is 16.3 Å². The quantitative estimate of drug-likeness (QED) is 0.676. The van der Waals surface area contributed by atoms with Crippen molar-refractivity contribution >= 4 is 33.0 Å². The Labute approximate surface area is 155 Å². The van der Waals surface area contributed by atoms with E-state index in [9.17, 15) is 13.2 Å². The second-order valence-corrected chi connectivity index (χ2v) is 8.39. The van der Waals surface area contributed by atoms with Gasteiger partial charge in [0, 0.05) is 10.6 Å². The summed E-state index contributed by atoms with van der Waals surface area (Å²) in [6.45, 7) is 0. The lowest BCUT2D eigenvalue weighted by Crippen LogP contribution is -2.13. The summed E-state index contributed by atoms with van der Waals surface area (Å²) in [4.78, 5) is 12.7. The van der Waals surface area contributed by atoms with E-state index >= 15 is 0 Å². The van der Waals surface area contributed by atoms with Gasteiger partial charge in [0.1, 0.15) is 15.7 Å². The highest BCUT2D eigenvalue weighted by molar-refractivity contribution is 7.91. The minimum Gasteiger partial charge on any atom is -0.457 e. The zero-order valence-electron chi connectivity index (χ0n) is 13.6. The predicted molar refractivity (Wildman–Crippen MR) is 101 cm³/mol. The number of sulfonamides is 1. The molecule has 2 aromatic carbocycles. The Morgan fingerprint density at radius 1 is 0.962 bits per heavy atom. The number of para-hydroxylation sites is 1. The summed E-state index contributed by atoms with van der Waals surface area (Å²) >= 11 is 0.989. The van der Waals surface area contributed by atoms with Crippen LogP contribution in [-0.4, -0.2) is 14.3 Å². The lowest BCUT2D eigenvalue weighted by Gasteiger charge is -2.07. The first kappa shape index (κ1) is 18.1. The van der Waals surface area contributed by atoms with Crippen molar-refractivity contribution in [2.45, 2.75) is 10.6 Å². The van der Waals surface area contributed by atoms with Crippen molar-refractivity contribution in [3.63, 3.8) is 0 Å². The Kier molecular flexibility index (Phi) is 5.36. The highest BCUT2D eigenvalue weighted by Gasteiger charge is 2.13. The minimum absolute atomic E-state index is 0.0442. The fourth-order valence-electron chi connectivity index (χ4n) is 2.20. The third-order valence-corrected chi connectivity index (χ3v) is 5.89. The van der Waals surface area contributed by atoms with E-state index in [-0.39, 0.29) is 16.5 Å². The number of carbonyl (C=O) groups is 1. The first-order valence-corrected chi connectivity index (χ1v) is 10.0. The second-order valence-electron chi connectivity index (χ2n) is 5.43. The average molecular weight is 388 g/mol. The van der Waals surface area contributed by atoms with Gasteiger partial charge in [0.05, 0.1) is 6.42 Å². The molecule has 3 rings (SSSR count). The zero-order valence-corrected chi connectivity index (χ0v) is 15.2. The van der Waals surface area contributed by atoms with Gasteiger partial charge in [-0.25, -0.2) is 13.6 Å². The summed E-state index contributed by atoms with van der Waals surface area (Å²) in [5.41, 5.74) is 0.624. The first-order valence-electron chi connectivity index (χ1n) is 7.64. The van der Waals surface area contributed by atoms with Crippen molar-refractivity contribution in [2.75, 3.05) is 5.32 Å². The Hall–Kier alpha value is -2.68. The first-order chi connectivity index (χ1) is 12.4. The molecular weight excluding hydrogens is 372 g/mol. The van der Waals surface area contributed by atoms with Crippen molar-refractivity contribution in [3.8, 4) is 11.5 Å². The van der Waals surface area contributed by atoms with E-state index in [1.165, 1.54) is 6.07 Å². The van der Waals surface area contributed by atoms with E-state index in [1.807, 2.05) is 30.3 Å². The summed E-state index contributed by atoms with van der Waals surface area (Å²) in [7, 11) is -3.73. The van der Waals surface area contributed by atoms with Crippen LogP contribution in [0.5, 0.6) is 11.5 Å². The lowest BCUT2D eigenvalue weighted by atomic mass is 10.2. The maximum Gasteiger partial charge on any atom is 0.247 e. The van der Waals surface area contributed by atoms with E-state index < -0.39 is 10.0 Å². The summed E-state index contributed by atoms with van der Waals surface area (Å²) in [6, 6.07) is 19.4. The van der Waals surface area contributed by atoms with E-state index in [1.54, 1.807) is 30.3 Å². The summed E-state index contributed by atoms with van der Waals surface area (Å²) < 4.78 is 28.3. The van der Waals surface area contributed by atoms with E-state index in [0.717, 1.165) is 17.1 Å². The van der Waals surface area contributed by atoms with Crippen LogP contribution in [0.1, 0.15) is 4.88 Å². The molecule has 6 nitrogen and oxygen atoms in total. The number of hydrogen-bond donors (Lipinski definition) is 2. The largest absolute Gasteiger partial charge is 0.457 e. The molecule has 134 valence electrons. The molecule has 0 fully saturated rings. The van der Waals surface area contributed by atoms with Crippen molar-refractivity contribution in [1.29, 1.82) is 0 Å². The van der Waals surface area contributed by atoms with Crippen molar-refractivity contribution in [3.05, 3.63) is 71.6 Å². The summed E-state index contributed by atoms with van der Waals surface area (Å²) in [5, 5.41) is 7.83. The molecule has 1 aromatic heterocycles. The number of thiophene rings is 1. The van der Waals surface area contributed by atoms with Crippen molar-refractivity contribution < 1.29 is 17.9 Å². The Morgan fingerprint density at radius 2 is 1.62 bits per heavy atom. The molecular formula is C18H16N2O4S2. The number of primary sulfonamides is 1. The third-order valence-electron chi connectivity index (χ3n) is 3.37. The van der Waals surface area contributed by atoms with Crippen LogP contribution < -0.4 is 15.2 Å². The molecule has 0 atom stereocenters. The summed E-state index contributed by atoms with van der Waals surface area (Å²) in [6.07, 6.45) is 0.0719. The number of nitrogens with two attached hydrogens (primary N) is 1. The molecule has 8 heteroatoms. The fourth-order valence-corrected chi connectivity index (χ4v) is 3.98. The molecule has 3 aromatic rings. The highest BCUT2D eigenvalue weighted by Crippen LogP contribution is 2.24. The molecule has 0 radical (unpaired) electrons. The zero-order chi connectivity index (χ0) is 18.6. The highest BCUT2D eigenvalue weighted by atomic mass is 32.2. The Balaban J connectivity index is 1.58. The van der Waals surface area contributed by atoms with Gasteiger partial charge in [-0.05, 0) is 48.5 Å². The topological polar surface area (TPSA) is 98.5 Å². The molecule has 1 amide bonds. The van der Waals surface area contributed by atoms with E-state index in [4.69, 9.17) is 9.88 Å². The number of amides is 1. The normalized spacial score (nSPS) is 11.1. The fraction of sp³-hybridized carbons (Fsp3) is 0.0556. The lowest BCUT2D eigenvalue weighted by molar-refractivity contribution is -0.115. The minimum atomic E-state index is -3.73.